The van der Waals surface area contributed by atoms with Gasteiger partial charge in [-0.2, -0.15) is 9.78 Å². The Balaban J connectivity index is 1.74. The molecule has 2 aromatic rings. The van der Waals surface area contributed by atoms with Crippen molar-refractivity contribution in [3.63, 3.8) is 0 Å². The predicted molar refractivity (Wildman–Crippen MR) is 103 cm³/mol. The van der Waals surface area contributed by atoms with Crippen LogP contribution in [0.4, 0.5) is 5.69 Å². The van der Waals surface area contributed by atoms with Crippen molar-refractivity contribution < 1.29 is 0 Å². The number of hydrogen-bond donors (Lipinski definition) is 1. The summed E-state index contributed by atoms with van der Waals surface area (Å²) < 4.78 is 1.27. The minimum atomic E-state index is -0.349. The number of nitrogens with one attached hydrogen (secondary N) is 1. The van der Waals surface area contributed by atoms with Crippen molar-refractivity contribution in [2.24, 2.45) is 0 Å². The molecule has 0 radical (unpaired) electrons. The lowest BCUT2D eigenvalue weighted by molar-refractivity contribution is 0.240. The first-order valence-corrected chi connectivity index (χ1v) is 8.97. The Labute approximate surface area is 156 Å². The highest BCUT2D eigenvalue weighted by atomic mass is 35.5. The Morgan fingerprint density at radius 3 is 2.56 bits per heavy atom. The van der Waals surface area contributed by atoms with Gasteiger partial charge in [-0.1, -0.05) is 29.3 Å². The van der Waals surface area contributed by atoms with Gasteiger partial charge in [-0.3, -0.25) is 9.69 Å². The minimum absolute atomic E-state index is 0.151. The van der Waals surface area contributed by atoms with Gasteiger partial charge in [0, 0.05) is 30.7 Å². The Morgan fingerprint density at radius 2 is 1.92 bits per heavy atom. The standard InChI is InChI=1S/C18H20Cl2N4O/c1-2-9-23-10-7-14(8-11-23)22-16-12-21-24(18(25)17(16)20)15-5-3-13(19)4-6-15/h2-6,12,14,22H,1,7-11H2. The van der Waals surface area contributed by atoms with E-state index in [1.165, 1.54) is 4.68 Å². The number of piperidine rings is 1. The van der Waals surface area contributed by atoms with Crippen LogP contribution in [0.2, 0.25) is 10.0 Å². The zero-order chi connectivity index (χ0) is 17.8. The summed E-state index contributed by atoms with van der Waals surface area (Å²) in [6.07, 6.45) is 5.51. The van der Waals surface area contributed by atoms with Gasteiger partial charge in [0.25, 0.3) is 5.56 Å². The van der Waals surface area contributed by atoms with Gasteiger partial charge < -0.3 is 5.32 Å². The molecule has 0 unspecified atom stereocenters. The monoisotopic (exact) mass is 378 g/mol. The molecular formula is C18H20Cl2N4O. The van der Waals surface area contributed by atoms with Gasteiger partial charge in [0.2, 0.25) is 0 Å². The first-order valence-electron chi connectivity index (χ1n) is 8.22. The lowest BCUT2D eigenvalue weighted by Crippen LogP contribution is -2.39. The van der Waals surface area contributed by atoms with Crippen LogP contribution in [0.3, 0.4) is 0 Å². The molecule has 0 aliphatic carbocycles. The van der Waals surface area contributed by atoms with E-state index in [1.807, 2.05) is 6.08 Å². The largest absolute Gasteiger partial charge is 0.380 e. The van der Waals surface area contributed by atoms with Crippen LogP contribution in [0.25, 0.3) is 5.69 Å². The van der Waals surface area contributed by atoms with Crippen LogP contribution in [0.1, 0.15) is 12.8 Å². The number of nitrogens with zero attached hydrogens (tertiary/aromatic N) is 3. The maximum atomic E-state index is 12.5. The summed E-state index contributed by atoms with van der Waals surface area (Å²) in [6.45, 7) is 6.68. The highest BCUT2D eigenvalue weighted by molar-refractivity contribution is 6.33. The number of anilines is 1. The summed E-state index contributed by atoms with van der Waals surface area (Å²) in [4.78, 5) is 14.9. The summed E-state index contributed by atoms with van der Waals surface area (Å²) in [7, 11) is 0. The van der Waals surface area contributed by atoms with E-state index in [1.54, 1.807) is 30.5 Å². The molecule has 1 aromatic carbocycles. The molecule has 25 heavy (non-hydrogen) atoms. The molecule has 1 aliphatic rings. The van der Waals surface area contributed by atoms with Crippen molar-refractivity contribution >= 4 is 28.9 Å². The molecule has 0 saturated carbocycles. The smallest absolute Gasteiger partial charge is 0.292 e. The number of rotatable bonds is 5. The van der Waals surface area contributed by atoms with Gasteiger partial charge in [0.15, 0.2) is 0 Å². The lowest BCUT2D eigenvalue weighted by atomic mass is 10.0. The second-order valence-corrected chi connectivity index (χ2v) is 6.89. The van der Waals surface area contributed by atoms with Crippen molar-refractivity contribution in [3.8, 4) is 5.69 Å². The van der Waals surface area contributed by atoms with Gasteiger partial charge in [-0.15, -0.1) is 6.58 Å². The second-order valence-electron chi connectivity index (χ2n) is 6.07. The zero-order valence-corrected chi connectivity index (χ0v) is 15.3. The summed E-state index contributed by atoms with van der Waals surface area (Å²) in [6, 6.07) is 7.17. The molecule has 1 saturated heterocycles. The number of likely N-dealkylation sites (tertiary alicyclic amines) is 1. The van der Waals surface area contributed by atoms with Crippen LogP contribution in [0, 0.1) is 0 Å². The molecule has 3 rings (SSSR count). The molecule has 132 valence electrons. The van der Waals surface area contributed by atoms with Gasteiger partial charge in [0.1, 0.15) is 5.02 Å². The van der Waals surface area contributed by atoms with Gasteiger partial charge >= 0.3 is 0 Å². The Kier molecular flexibility index (Phi) is 5.78. The van der Waals surface area contributed by atoms with E-state index in [2.05, 4.69) is 21.9 Å². The number of hydrogen-bond acceptors (Lipinski definition) is 4. The number of aromatic nitrogens is 2. The lowest BCUT2D eigenvalue weighted by Gasteiger charge is -2.32. The van der Waals surface area contributed by atoms with Crippen molar-refractivity contribution in [2.75, 3.05) is 25.0 Å². The van der Waals surface area contributed by atoms with Gasteiger partial charge in [0.05, 0.1) is 17.6 Å². The fourth-order valence-corrected chi connectivity index (χ4v) is 3.27. The average Bonchev–Trinajstić information content (AvgIpc) is 2.62. The van der Waals surface area contributed by atoms with Crippen LogP contribution in [-0.4, -0.2) is 40.4 Å². The van der Waals surface area contributed by atoms with Crippen molar-refractivity contribution in [3.05, 3.63) is 63.5 Å². The zero-order valence-electron chi connectivity index (χ0n) is 13.8. The highest BCUT2D eigenvalue weighted by Gasteiger charge is 2.20. The van der Waals surface area contributed by atoms with Crippen LogP contribution < -0.4 is 10.9 Å². The number of halogens is 2. The molecule has 1 aliphatic heterocycles. The molecule has 0 bridgehead atoms. The average molecular weight is 379 g/mol. The number of benzene rings is 1. The fraction of sp³-hybridized carbons (Fsp3) is 0.333. The third-order valence-corrected chi connectivity index (χ3v) is 4.94. The van der Waals surface area contributed by atoms with Gasteiger partial charge in [-0.25, -0.2) is 0 Å². The molecule has 0 atom stereocenters. The van der Waals surface area contributed by atoms with Crippen LogP contribution >= 0.6 is 23.2 Å². The third-order valence-electron chi connectivity index (χ3n) is 4.32. The van der Waals surface area contributed by atoms with E-state index in [4.69, 9.17) is 23.2 Å². The van der Waals surface area contributed by atoms with Crippen LogP contribution in [0.5, 0.6) is 0 Å². The maximum absolute atomic E-state index is 12.5. The van der Waals surface area contributed by atoms with E-state index >= 15 is 0 Å². The molecule has 0 amide bonds. The summed E-state index contributed by atoms with van der Waals surface area (Å²) in [5.74, 6) is 0. The SMILES string of the molecule is C=CCN1CCC(Nc2cnn(-c3ccc(Cl)cc3)c(=O)c2Cl)CC1. The van der Waals surface area contributed by atoms with E-state index in [0.29, 0.717) is 16.4 Å². The van der Waals surface area contributed by atoms with E-state index in [0.717, 1.165) is 32.5 Å². The maximum Gasteiger partial charge on any atom is 0.292 e. The Hall–Kier alpha value is -1.82. The van der Waals surface area contributed by atoms with E-state index in [-0.39, 0.29) is 16.6 Å². The topological polar surface area (TPSA) is 50.2 Å². The van der Waals surface area contributed by atoms with Crippen molar-refractivity contribution in [1.82, 2.24) is 14.7 Å². The Morgan fingerprint density at radius 1 is 1.24 bits per heavy atom. The molecule has 1 N–H and O–H groups in total. The molecule has 0 spiro atoms. The molecule has 1 fully saturated rings. The molecule has 7 heteroatoms. The fourth-order valence-electron chi connectivity index (χ4n) is 2.96. The quantitative estimate of drug-likeness (QED) is 0.807. The van der Waals surface area contributed by atoms with Crippen molar-refractivity contribution in [2.45, 2.75) is 18.9 Å². The summed E-state index contributed by atoms with van der Waals surface area (Å²) in [5.41, 5.74) is 0.859. The first kappa shape index (κ1) is 18.0. The summed E-state index contributed by atoms with van der Waals surface area (Å²) >= 11 is 12.2. The van der Waals surface area contributed by atoms with Crippen LogP contribution in [0.15, 0.2) is 47.9 Å². The van der Waals surface area contributed by atoms with Crippen molar-refractivity contribution in [1.29, 1.82) is 0 Å². The predicted octanol–water partition coefficient (Wildman–Crippen LogP) is 3.60. The van der Waals surface area contributed by atoms with E-state index < -0.39 is 0 Å². The summed E-state index contributed by atoms with van der Waals surface area (Å²) in [5, 5.41) is 8.35. The highest BCUT2D eigenvalue weighted by Crippen LogP contribution is 2.21. The molecule has 5 nitrogen and oxygen atoms in total. The molecular weight excluding hydrogens is 359 g/mol. The first-order chi connectivity index (χ1) is 12.1. The minimum Gasteiger partial charge on any atom is -0.380 e. The van der Waals surface area contributed by atoms with Crippen LogP contribution in [-0.2, 0) is 0 Å². The molecule has 2 heterocycles. The second kappa shape index (κ2) is 8.04. The third kappa shape index (κ3) is 4.24. The normalized spacial score (nSPS) is 15.9. The molecule has 1 aromatic heterocycles. The Bertz CT molecular complexity index is 796. The van der Waals surface area contributed by atoms with E-state index in [9.17, 15) is 4.79 Å². The van der Waals surface area contributed by atoms with Gasteiger partial charge in [-0.05, 0) is 37.1 Å².